The van der Waals surface area contributed by atoms with Crippen LogP contribution in [-0.4, -0.2) is 15.2 Å². The Balaban J connectivity index is 1.82. The highest BCUT2D eigenvalue weighted by Gasteiger charge is 2.20. The van der Waals surface area contributed by atoms with Gasteiger partial charge in [-0.25, -0.2) is 4.98 Å². The molecule has 0 N–H and O–H groups in total. The first-order chi connectivity index (χ1) is 14.2. The van der Waals surface area contributed by atoms with Crippen molar-refractivity contribution >= 4 is 44.0 Å². The van der Waals surface area contributed by atoms with Crippen molar-refractivity contribution in [1.29, 1.82) is 0 Å². The van der Waals surface area contributed by atoms with Crippen molar-refractivity contribution in [2.24, 2.45) is 0 Å². The lowest BCUT2D eigenvalue weighted by atomic mass is 9.98. The molecule has 0 spiro atoms. The van der Waals surface area contributed by atoms with Gasteiger partial charge in [0, 0.05) is 27.9 Å². The molecule has 0 aliphatic rings. The molecular weight excluding hydrogens is 360 g/mol. The molecule has 6 aromatic rings. The molecule has 4 aromatic carbocycles. The average molecular weight is 374 g/mol. The fourth-order valence-corrected chi connectivity index (χ4v) is 4.18. The van der Waals surface area contributed by atoms with Crippen molar-refractivity contribution in [1.82, 2.24) is 9.38 Å². The zero-order valence-electron chi connectivity index (χ0n) is 15.3. The first-order valence-electron chi connectivity index (χ1n) is 9.41. The Bertz CT molecular complexity index is 1630. The monoisotopic (exact) mass is 374 g/mol. The zero-order chi connectivity index (χ0) is 19.5. The molecule has 0 saturated heterocycles. The van der Waals surface area contributed by atoms with Gasteiger partial charge in [0.2, 0.25) is 5.43 Å². The normalized spacial score (nSPS) is 11.7. The minimum absolute atomic E-state index is 0.182. The van der Waals surface area contributed by atoms with E-state index in [1.807, 2.05) is 59.1 Å². The van der Waals surface area contributed by atoms with E-state index in [-0.39, 0.29) is 16.8 Å². The van der Waals surface area contributed by atoms with Crippen LogP contribution in [0.5, 0.6) is 0 Å². The van der Waals surface area contributed by atoms with E-state index in [0.717, 1.165) is 32.7 Å². The molecule has 0 radical (unpaired) electrons. The van der Waals surface area contributed by atoms with E-state index in [1.54, 1.807) is 30.3 Å². The van der Waals surface area contributed by atoms with Crippen molar-refractivity contribution in [2.45, 2.75) is 0 Å². The van der Waals surface area contributed by atoms with Crippen LogP contribution in [-0.2, 0) is 0 Å². The second-order valence-corrected chi connectivity index (χ2v) is 7.19. The Morgan fingerprint density at radius 2 is 1.59 bits per heavy atom. The van der Waals surface area contributed by atoms with Crippen LogP contribution in [0, 0.1) is 0 Å². The Kier molecular flexibility index (Phi) is 3.15. The first kappa shape index (κ1) is 16.0. The Labute approximate surface area is 165 Å². The summed E-state index contributed by atoms with van der Waals surface area (Å²) in [5, 5.41) is 3.61. The van der Waals surface area contributed by atoms with Crippen molar-refractivity contribution in [3.63, 3.8) is 0 Å². The summed E-state index contributed by atoms with van der Waals surface area (Å²) in [6.45, 7) is 0. The molecule has 29 heavy (non-hydrogen) atoms. The van der Waals surface area contributed by atoms with Gasteiger partial charge in [-0.3, -0.25) is 14.0 Å². The second kappa shape index (κ2) is 5.72. The number of hydrogen-bond donors (Lipinski definition) is 0. The summed E-state index contributed by atoms with van der Waals surface area (Å²) in [5.74, 6) is -0.264. The highest BCUT2D eigenvalue weighted by molar-refractivity contribution is 6.16. The number of aromatic nitrogens is 2. The van der Waals surface area contributed by atoms with E-state index >= 15 is 0 Å². The van der Waals surface area contributed by atoms with Crippen LogP contribution >= 0.6 is 0 Å². The van der Waals surface area contributed by atoms with Crippen LogP contribution in [0.15, 0.2) is 89.9 Å². The summed E-state index contributed by atoms with van der Waals surface area (Å²) in [4.78, 5) is 31.5. The van der Waals surface area contributed by atoms with E-state index in [0.29, 0.717) is 11.1 Å². The number of fused-ring (bicyclic) bond motifs is 4. The maximum absolute atomic E-state index is 13.6. The van der Waals surface area contributed by atoms with Crippen molar-refractivity contribution in [2.75, 3.05) is 0 Å². The number of hydrogen-bond acceptors (Lipinski definition) is 3. The Hall–Kier alpha value is -4.05. The maximum Gasteiger partial charge on any atom is 0.214 e. The van der Waals surface area contributed by atoms with Gasteiger partial charge in [0.1, 0.15) is 11.2 Å². The van der Waals surface area contributed by atoms with Gasteiger partial charge in [-0.05, 0) is 17.5 Å². The smallest absolute Gasteiger partial charge is 0.214 e. The number of rotatable bonds is 2. The molecule has 0 saturated carbocycles. The SMILES string of the molecule is O=C(c1ccccc1)c1cc2cccc3nc4c5ccccc5cn4c(c1=O)c23. The molecule has 0 fully saturated rings. The number of carbonyl (C=O) groups is 1. The third kappa shape index (κ3) is 2.17. The Morgan fingerprint density at radius 3 is 2.45 bits per heavy atom. The highest BCUT2D eigenvalue weighted by atomic mass is 16.1. The standard InChI is InChI=1S/C25H14N2O2/c28-23(15-7-2-1-3-8-15)19-13-16-10-6-12-20-21(16)22(24(19)29)27-14-17-9-4-5-11-18(17)25(27)26-20/h1-14H. The van der Waals surface area contributed by atoms with Crippen LogP contribution < -0.4 is 5.43 Å². The molecule has 0 bridgehead atoms. The Morgan fingerprint density at radius 1 is 0.828 bits per heavy atom. The topological polar surface area (TPSA) is 51.4 Å². The predicted octanol–water partition coefficient (Wildman–Crippen LogP) is 4.82. The highest BCUT2D eigenvalue weighted by Crippen LogP contribution is 2.30. The van der Waals surface area contributed by atoms with E-state index in [2.05, 4.69) is 0 Å². The van der Waals surface area contributed by atoms with Crippen LogP contribution in [0.3, 0.4) is 0 Å². The number of ketones is 1. The first-order valence-corrected chi connectivity index (χ1v) is 9.41. The summed E-state index contributed by atoms with van der Waals surface area (Å²) in [5.41, 5.74) is 2.40. The molecule has 0 unspecified atom stereocenters. The lowest BCUT2D eigenvalue weighted by Gasteiger charge is -2.10. The molecule has 136 valence electrons. The summed E-state index contributed by atoms with van der Waals surface area (Å²) in [6.07, 6.45) is 1.93. The largest absolute Gasteiger partial charge is 0.296 e. The minimum atomic E-state index is -0.268. The minimum Gasteiger partial charge on any atom is -0.296 e. The predicted molar refractivity (Wildman–Crippen MR) is 115 cm³/mol. The average Bonchev–Trinajstić information content (AvgIpc) is 3.14. The van der Waals surface area contributed by atoms with Gasteiger partial charge in [0.15, 0.2) is 5.78 Å². The third-order valence-corrected chi connectivity index (χ3v) is 5.52. The van der Waals surface area contributed by atoms with Gasteiger partial charge in [0.25, 0.3) is 0 Å². The molecule has 4 nitrogen and oxygen atoms in total. The van der Waals surface area contributed by atoms with Crippen LogP contribution in [0.25, 0.3) is 38.2 Å². The number of benzene rings is 4. The second-order valence-electron chi connectivity index (χ2n) is 7.19. The molecule has 6 rings (SSSR count). The zero-order valence-corrected chi connectivity index (χ0v) is 15.3. The van der Waals surface area contributed by atoms with E-state index < -0.39 is 0 Å². The fourth-order valence-electron chi connectivity index (χ4n) is 4.18. The van der Waals surface area contributed by atoms with Crippen LogP contribution in [0.4, 0.5) is 0 Å². The number of carbonyl (C=O) groups excluding carboxylic acids is 1. The molecule has 0 amide bonds. The van der Waals surface area contributed by atoms with E-state index in [1.165, 1.54) is 0 Å². The van der Waals surface area contributed by atoms with Crippen LogP contribution in [0.1, 0.15) is 15.9 Å². The summed E-state index contributed by atoms with van der Waals surface area (Å²) in [6, 6.07) is 24.3. The molecule has 2 heterocycles. The molecule has 4 heteroatoms. The molecule has 0 atom stereocenters. The summed E-state index contributed by atoms with van der Waals surface area (Å²) < 4.78 is 1.84. The van der Waals surface area contributed by atoms with Crippen molar-refractivity contribution in [3.8, 4) is 0 Å². The van der Waals surface area contributed by atoms with Gasteiger partial charge in [-0.2, -0.15) is 0 Å². The van der Waals surface area contributed by atoms with Gasteiger partial charge >= 0.3 is 0 Å². The van der Waals surface area contributed by atoms with E-state index in [9.17, 15) is 9.59 Å². The van der Waals surface area contributed by atoms with Gasteiger partial charge in [0.05, 0.1) is 11.1 Å². The van der Waals surface area contributed by atoms with Crippen LogP contribution in [0.2, 0.25) is 0 Å². The molecular formula is C25H14N2O2. The van der Waals surface area contributed by atoms with E-state index in [4.69, 9.17) is 4.98 Å². The lowest BCUT2D eigenvalue weighted by Crippen LogP contribution is -2.18. The summed E-state index contributed by atoms with van der Waals surface area (Å²) in [7, 11) is 0. The molecule has 0 aliphatic heterocycles. The quantitative estimate of drug-likeness (QED) is 0.408. The molecule has 0 aliphatic carbocycles. The number of nitrogens with zero attached hydrogens (tertiary/aromatic N) is 2. The van der Waals surface area contributed by atoms with Crippen molar-refractivity contribution in [3.05, 3.63) is 106 Å². The lowest BCUT2D eigenvalue weighted by molar-refractivity contribution is 0.103. The summed E-state index contributed by atoms with van der Waals surface area (Å²) >= 11 is 0. The van der Waals surface area contributed by atoms with Gasteiger partial charge in [-0.15, -0.1) is 0 Å². The maximum atomic E-state index is 13.6. The van der Waals surface area contributed by atoms with Gasteiger partial charge < -0.3 is 0 Å². The van der Waals surface area contributed by atoms with Crippen molar-refractivity contribution < 1.29 is 4.79 Å². The fraction of sp³-hybridized carbons (Fsp3) is 0. The third-order valence-electron chi connectivity index (χ3n) is 5.52. The molecule has 2 aromatic heterocycles. The van der Waals surface area contributed by atoms with Gasteiger partial charge in [-0.1, -0.05) is 66.7 Å².